The van der Waals surface area contributed by atoms with Gasteiger partial charge >= 0.3 is 0 Å². The van der Waals surface area contributed by atoms with Crippen LogP contribution in [0.1, 0.15) is 18.7 Å². The smallest absolute Gasteiger partial charge is 0.162 e. The minimum absolute atomic E-state index is 0.277. The van der Waals surface area contributed by atoms with Crippen molar-refractivity contribution in [3.8, 4) is 5.75 Å². The topological polar surface area (TPSA) is 47.3 Å². The van der Waals surface area contributed by atoms with Crippen LogP contribution in [0, 0.1) is 5.82 Å². The number of hydrogen-bond donors (Lipinski definition) is 1. The number of hydrogen-bond acceptors (Lipinski definition) is 4. The zero-order valence-corrected chi connectivity index (χ0v) is 12.2. The van der Waals surface area contributed by atoms with E-state index in [2.05, 4.69) is 5.10 Å². The van der Waals surface area contributed by atoms with Crippen molar-refractivity contribution >= 4 is 11.8 Å². The van der Waals surface area contributed by atoms with Gasteiger partial charge in [-0.05, 0) is 19.1 Å². The molecule has 1 aromatic carbocycles. The van der Waals surface area contributed by atoms with Gasteiger partial charge in [-0.1, -0.05) is 12.1 Å². The maximum Gasteiger partial charge on any atom is 0.162 e. The zero-order chi connectivity index (χ0) is 14.5. The maximum absolute atomic E-state index is 13.5. The van der Waals surface area contributed by atoms with E-state index in [1.807, 2.05) is 6.92 Å². The lowest BCUT2D eigenvalue weighted by Gasteiger charge is -2.14. The first-order valence-electron chi connectivity index (χ1n) is 6.32. The first kappa shape index (κ1) is 14.9. The molecule has 4 nitrogen and oxygen atoms in total. The third kappa shape index (κ3) is 3.13. The van der Waals surface area contributed by atoms with Crippen LogP contribution in [-0.4, -0.2) is 27.7 Å². The summed E-state index contributed by atoms with van der Waals surface area (Å²) >= 11 is 1.27. The number of aryl methyl sites for hydroxylation is 1. The molecule has 1 atom stereocenters. The number of aliphatic hydroxyl groups is 1. The Kier molecular flexibility index (Phi) is 5.03. The van der Waals surface area contributed by atoms with Crippen molar-refractivity contribution in [2.45, 2.75) is 24.5 Å². The van der Waals surface area contributed by atoms with Crippen LogP contribution in [0.4, 0.5) is 4.39 Å². The molecule has 108 valence electrons. The Hall–Kier alpha value is -1.53. The highest BCUT2D eigenvalue weighted by Crippen LogP contribution is 2.30. The summed E-state index contributed by atoms with van der Waals surface area (Å²) in [6.07, 6.45) is 0.813. The average Bonchev–Trinajstić information content (AvgIpc) is 2.89. The lowest BCUT2D eigenvalue weighted by Crippen LogP contribution is -2.11. The Bertz CT molecular complexity index is 553. The summed E-state index contributed by atoms with van der Waals surface area (Å²) in [5.74, 6) is 0.609. The molecule has 0 aliphatic heterocycles. The quantitative estimate of drug-likeness (QED) is 0.833. The molecule has 1 N–H and O–H groups in total. The van der Waals surface area contributed by atoms with Crippen molar-refractivity contribution in [3.05, 3.63) is 42.0 Å². The molecule has 0 amide bonds. The summed E-state index contributed by atoms with van der Waals surface area (Å²) in [6, 6.07) is 6.52. The molecule has 0 saturated carbocycles. The predicted octanol–water partition coefficient (Wildman–Crippen LogP) is 2.88. The molecule has 0 saturated heterocycles. The standard InChI is InChI=1S/C14H17FN2O2S/c1-3-17-14(12(19-2)8-16-17)11(18)9-20-13-7-5-4-6-10(13)15/h4-8,11,18H,3,9H2,1-2H3. The molecule has 1 unspecified atom stereocenters. The molecule has 1 aromatic heterocycles. The van der Waals surface area contributed by atoms with Gasteiger partial charge < -0.3 is 9.84 Å². The Morgan fingerprint density at radius 3 is 2.85 bits per heavy atom. The van der Waals surface area contributed by atoms with E-state index in [-0.39, 0.29) is 5.82 Å². The first-order chi connectivity index (χ1) is 9.67. The molecule has 20 heavy (non-hydrogen) atoms. The van der Waals surface area contributed by atoms with E-state index < -0.39 is 6.10 Å². The van der Waals surface area contributed by atoms with Crippen LogP contribution in [0.3, 0.4) is 0 Å². The number of ether oxygens (including phenoxy) is 1. The second-order valence-electron chi connectivity index (χ2n) is 4.17. The monoisotopic (exact) mass is 296 g/mol. The van der Waals surface area contributed by atoms with E-state index >= 15 is 0 Å². The number of rotatable bonds is 6. The predicted molar refractivity (Wildman–Crippen MR) is 76.5 cm³/mol. The highest BCUT2D eigenvalue weighted by Gasteiger charge is 2.20. The molecule has 0 radical (unpaired) electrons. The van der Waals surface area contributed by atoms with E-state index in [1.165, 1.54) is 24.9 Å². The number of nitrogens with zero attached hydrogens (tertiary/aromatic N) is 2. The second-order valence-corrected chi connectivity index (χ2v) is 5.23. The minimum Gasteiger partial charge on any atom is -0.493 e. The highest BCUT2D eigenvalue weighted by molar-refractivity contribution is 7.99. The van der Waals surface area contributed by atoms with Gasteiger partial charge in [-0.15, -0.1) is 11.8 Å². The van der Waals surface area contributed by atoms with Crippen LogP contribution in [0.15, 0.2) is 35.4 Å². The largest absolute Gasteiger partial charge is 0.493 e. The van der Waals surface area contributed by atoms with Crippen molar-refractivity contribution < 1.29 is 14.2 Å². The SMILES string of the molecule is CCn1ncc(OC)c1C(O)CSc1ccccc1F. The normalized spacial score (nSPS) is 12.4. The van der Waals surface area contributed by atoms with Crippen molar-refractivity contribution in [1.82, 2.24) is 9.78 Å². The van der Waals surface area contributed by atoms with Crippen LogP contribution < -0.4 is 4.74 Å². The summed E-state index contributed by atoms with van der Waals surface area (Å²) in [6.45, 7) is 2.58. The van der Waals surface area contributed by atoms with Gasteiger partial charge in [-0.2, -0.15) is 5.10 Å². The van der Waals surface area contributed by atoms with E-state index in [0.717, 1.165) is 0 Å². The fourth-order valence-corrected chi connectivity index (χ4v) is 2.81. The van der Waals surface area contributed by atoms with Gasteiger partial charge in [-0.25, -0.2) is 4.39 Å². The summed E-state index contributed by atoms with van der Waals surface area (Å²) in [4.78, 5) is 0.521. The van der Waals surface area contributed by atoms with Gasteiger partial charge in [0, 0.05) is 17.2 Å². The minimum atomic E-state index is -0.767. The average molecular weight is 296 g/mol. The van der Waals surface area contributed by atoms with Crippen LogP contribution in [0.5, 0.6) is 5.75 Å². The molecule has 0 spiro atoms. The number of thioether (sulfide) groups is 1. The summed E-state index contributed by atoms with van der Waals surface area (Å²) in [5, 5.41) is 14.4. The summed E-state index contributed by atoms with van der Waals surface area (Å²) < 4.78 is 20.4. The second kappa shape index (κ2) is 6.76. The zero-order valence-electron chi connectivity index (χ0n) is 11.4. The van der Waals surface area contributed by atoms with Crippen molar-refractivity contribution in [2.24, 2.45) is 0 Å². The molecular formula is C14H17FN2O2S. The molecule has 2 rings (SSSR count). The summed E-state index contributed by atoms with van der Waals surface area (Å²) in [7, 11) is 1.54. The van der Waals surface area contributed by atoms with E-state index in [9.17, 15) is 9.50 Å². The lowest BCUT2D eigenvalue weighted by atomic mass is 10.2. The first-order valence-corrected chi connectivity index (χ1v) is 7.31. The molecule has 0 bridgehead atoms. The number of aromatic nitrogens is 2. The molecule has 6 heteroatoms. The maximum atomic E-state index is 13.5. The number of aliphatic hydroxyl groups excluding tert-OH is 1. The highest BCUT2D eigenvalue weighted by atomic mass is 32.2. The molecule has 0 aliphatic rings. The van der Waals surface area contributed by atoms with Gasteiger partial charge in [0.15, 0.2) is 5.75 Å². The van der Waals surface area contributed by atoms with Gasteiger partial charge in [0.25, 0.3) is 0 Å². The van der Waals surface area contributed by atoms with Crippen LogP contribution >= 0.6 is 11.8 Å². The Labute approximate surface area is 121 Å². The summed E-state index contributed by atoms with van der Waals surface area (Å²) in [5.41, 5.74) is 0.624. The number of methoxy groups -OCH3 is 1. The van der Waals surface area contributed by atoms with E-state index in [4.69, 9.17) is 4.74 Å². The van der Waals surface area contributed by atoms with Gasteiger partial charge in [0.1, 0.15) is 17.6 Å². The number of halogens is 1. The third-order valence-corrected chi connectivity index (χ3v) is 4.04. The van der Waals surface area contributed by atoms with E-state index in [1.54, 1.807) is 29.1 Å². The van der Waals surface area contributed by atoms with Crippen molar-refractivity contribution in [3.63, 3.8) is 0 Å². The van der Waals surface area contributed by atoms with Gasteiger partial charge in [0.05, 0.1) is 13.3 Å². The van der Waals surface area contributed by atoms with E-state index in [0.29, 0.717) is 28.6 Å². The van der Waals surface area contributed by atoms with Crippen LogP contribution in [-0.2, 0) is 6.54 Å². The molecule has 2 aromatic rings. The molecule has 1 heterocycles. The molecular weight excluding hydrogens is 279 g/mol. The van der Waals surface area contributed by atoms with Crippen molar-refractivity contribution in [1.29, 1.82) is 0 Å². The third-order valence-electron chi connectivity index (χ3n) is 2.91. The van der Waals surface area contributed by atoms with Crippen molar-refractivity contribution in [2.75, 3.05) is 12.9 Å². The molecule has 0 fully saturated rings. The number of benzene rings is 1. The fourth-order valence-electron chi connectivity index (χ4n) is 1.93. The fraction of sp³-hybridized carbons (Fsp3) is 0.357. The Morgan fingerprint density at radius 1 is 1.45 bits per heavy atom. The Morgan fingerprint density at radius 2 is 2.20 bits per heavy atom. The van der Waals surface area contributed by atoms with Gasteiger partial charge in [-0.3, -0.25) is 4.68 Å². The lowest BCUT2D eigenvalue weighted by molar-refractivity contribution is 0.187. The van der Waals surface area contributed by atoms with Crippen LogP contribution in [0.25, 0.3) is 0 Å². The Balaban J connectivity index is 2.10. The van der Waals surface area contributed by atoms with Crippen LogP contribution in [0.2, 0.25) is 0 Å². The molecule has 0 aliphatic carbocycles. The van der Waals surface area contributed by atoms with Gasteiger partial charge in [0.2, 0.25) is 0 Å².